The number of likely N-dealkylation sites (tertiary alicyclic amines) is 1. The molecular weight excluding hydrogens is 296 g/mol. The first-order chi connectivity index (χ1) is 10.9. The van der Waals surface area contributed by atoms with E-state index in [0.29, 0.717) is 51.9 Å². The van der Waals surface area contributed by atoms with Crippen molar-refractivity contribution in [1.82, 2.24) is 9.80 Å². The van der Waals surface area contributed by atoms with E-state index in [1.54, 1.807) is 9.80 Å². The summed E-state index contributed by atoms with van der Waals surface area (Å²) in [5, 5.41) is 9.55. The van der Waals surface area contributed by atoms with Gasteiger partial charge in [-0.1, -0.05) is 6.42 Å². The molecule has 2 fully saturated rings. The molecule has 0 radical (unpaired) electrons. The summed E-state index contributed by atoms with van der Waals surface area (Å²) in [6, 6.07) is 0. The van der Waals surface area contributed by atoms with Crippen molar-refractivity contribution < 1.29 is 19.5 Å². The minimum absolute atomic E-state index is 0.00706. The van der Waals surface area contributed by atoms with Crippen molar-refractivity contribution in [3.63, 3.8) is 0 Å². The topological polar surface area (TPSA) is 77.9 Å². The highest BCUT2D eigenvalue weighted by atomic mass is 16.4. The average molecular weight is 324 g/mol. The van der Waals surface area contributed by atoms with Crippen LogP contribution in [0, 0.1) is 11.3 Å². The lowest BCUT2D eigenvalue weighted by Crippen LogP contribution is -2.37. The summed E-state index contributed by atoms with van der Waals surface area (Å²) in [7, 11) is 0. The number of fused-ring (bicyclic) bond motifs is 1. The number of amides is 2. The number of rotatable bonds is 7. The highest BCUT2D eigenvalue weighted by Gasteiger charge is 2.55. The van der Waals surface area contributed by atoms with E-state index in [0.717, 1.165) is 12.8 Å². The van der Waals surface area contributed by atoms with Crippen molar-refractivity contribution in [3.05, 3.63) is 0 Å². The molecule has 0 aromatic carbocycles. The van der Waals surface area contributed by atoms with Crippen molar-refractivity contribution in [3.8, 4) is 0 Å². The van der Waals surface area contributed by atoms with Crippen molar-refractivity contribution in [2.75, 3.05) is 26.2 Å². The monoisotopic (exact) mass is 324 g/mol. The molecule has 0 aromatic heterocycles. The molecule has 0 unspecified atom stereocenters. The molecule has 2 aliphatic rings. The molecule has 130 valence electrons. The van der Waals surface area contributed by atoms with Gasteiger partial charge in [0.25, 0.3) is 0 Å². The maximum atomic E-state index is 12.3. The zero-order valence-corrected chi connectivity index (χ0v) is 14.2. The van der Waals surface area contributed by atoms with Crippen LogP contribution in [0.2, 0.25) is 0 Å². The molecule has 1 N–H and O–H groups in total. The summed E-state index contributed by atoms with van der Waals surface area (Å²) in [5.74, 6) is -0.580. The molecule has 6 heteroatoms. The molecule has 2 amide bonds. The van der Waals surface area contributed by atoms with E-state index in [4.69, 9.17) is 0 Å². The summed E-state index contributed by atoms with van der Waals surface area (Å²) in [4.78, 5) is 39.4. The van der Waals surface area contributed by atoms with Crippen LogP contribution in [0.15, 0.2) is 0 Å². The molecule has 0 bridgehead atoms. The molecule has 2 rings (SSSR count). The third-order valence-corrected chi connectivity index (χ3v) is 5.55. The minimum Gasteiger partial charge on any atom is -0.481 e. The maximum absolute atomic E-state index is 12.3. The van der Waals surface area contributed by atoms with Crippen molar-refractivity contribution in [2.24, 2.45) is 11.3 Å². The Balaban J connectivity index is 1.82. The summed E-state index contributed by atoms with van der Waals surface area (Å²) in [5.41, 5.74) is -0.716. The van der Waals surface area contributed by atoms with Crippen LogP contribution in [-0.2, 0) is 14.4 Å². The number of hydrogen-bond acceptors (Lipinski definition) is 3. The predicted molar refractivity (Wildman–Crippen MR) is 85.8 cm³/mol. The van der Waals surface area contributed by atoms with Crippen molar-refractivity contribution in [1.29, 1.82) is 0 Å². The Bertz CT molecular complexity index is 475. The highest BCUT2D eigenvalue weighted by Crippen LogP contribution is 2.48. The van der Waals surface area contributed by atoms with E-state index < -0.39 is 11.4 Å². The molecule has 1 heterocycles. The number of carbonyl (C=O) groups excluding carboxylic acids is 2. The van der Waals surface area contributed by atoms with E-state index in [9.17, 15) is 19.5 Å². The zero-order valence-electron chi connectivity index (χ0n) is 14.2. The van der Waals surface area contributed by atoms with Gasteiger partial charge in [-0.25, -0.2) is 0 Å². The second kappa shape index (κ2) is 7.32. The lowest BCUT2D eigenvalue weighted by atomic mass is 9.81. The Hall–Kier alpha value is -1.59. The van der Waals surface area contributed by atoms with E-state index in [2.05, 4.69) is 0 Å². The number of carboxylic acid groups (broad SMARTS) is 1. The second-order valence-corrected chi connectivity index (χ2v) is 6.74. The first-order valence-corrected chi connectivity index (χ1v) is 8.73. The van der Waals surface area contributed by atoms with Crippen LogP contribution in [0.4, 0.5) is 0 Å². The largest absolute Gasteiger partial charge is 0.481 e. The minimum atomic E-state index is -0.757. The van der Waals surface area contributed by atoms with Crippen LogP contribution >= 0.6 is 0 Å². The van der Waals surface area contributed by atoms with Crippen molar-refractivity contribution >= 4 is 17.8 Å². The van der Waals surface area contributed by atoms with Gasteiger partial charge in [-0.05, 0) is 39.0 Å². The van der Waals surface area contributed by atoms with Crippen molar-refractivity contribution in [2.45, 2.75) is 52.4 Å². The van der Waals surface area contributed by atoms with Gasteiger partial charge in [0.15, 0.2) is 0 Å². The van der Waals surface area contributed by atoms with Gasteiger partial charge < -0.3 is 14.9 Å². The Kier molecular flexibility index (Phi) is 5.65. The third kappa shape index (κ3) is 3.51. The quantitative estimate of drug-likeness (QED) is 0.774. The molecule has 0 aromatic rings. The van der Waals surface area contributed by atoms with Gasteiger partial charge in [-0.2, -0.15) is 0 Å². The lowest BCUT2D eigenvalue weighted by molar-refractivity contribution is -0.149. The average Bonchev–Trinajstić information content (AvgIpc) is 3.06. The number of carbonyl (C=O) groups is 3. The molecule has 1 aliphatic heterocycles. The number of nitrogens with zero attached hydrogens (tertiary/aromatic N) is 2. The standard InChI is InChI=1S/C17H28N2O4/c1-3-18(4-2)14(20)8-5-9-15(21)19-11-13-7-6-10-17(13,12-19)16(22)23/h13H,3-12H2,1-2H3,(H,22,23)/t13-,17+/m0/s1. The van der Waals surface area contributed by atoms with E-state index in [-0.39, 0.29) is 17.7 Å². The van der Waals surface area contributed by atoms with Gasteiger partial charge in [0.05, 0.1) is 5.41 Å². The van der Waals surface area contributed by atoms with E-state index in [1.807, 2.05) is 13.8 Å². The SMILES string of the molecule is CCN(CC)C(=O)CCCC(=O)N1C[C@@H]2CCC[C@@]2(C(=O)O)C1. The third-order valence-electron chi connectivity index (χ3n) is 5.55. The lowest BCUT2D eigenvalue weighted by Gasteiger charge is -2.23. The normalized spacial score (nSPS) is 26.2. The Morgan fingerprint density at radius 2 is 1.91 bits per heavy atom. The molecule has 0 spiro atoms. The summed E-state index contributed by atoms with van der Waals surface area (Å²) in [6.07, 6.45) is 3.77. The molecule has 1 saturated heterocycles. The summed E-state index contributed by atoms with van der Waals surface area (Å²) >= 11 is 0. The van der Waals surface area contributed by atoms with Crippen LogP contribution in [0.25, 0.3) is 0 Å². The fourth-order valence-electron chi connectivity index (χ4n) is 4.11. The first kappa shape index (κ1) is 17.8. The van der Waals surface area contributed by atoms with Gasteiger partial charge in [-0.15, -0.1) is 0 Å². The number of aliphatic carboxylic acids is 1. The van der Waals surface area contributed by atoms with Crippen LogP contribution in [0.5, 0.6) is 0 Å². The van der Waals surface area contributed by atoms with E-state index >= 15 is 0 Å². The first-order valence-electron chi connectivity index (χ1n) is 8.73. The molecule has 6 nitrogen and oxygen atoms in total. The predicted octanol–water partition coefficient (Wildman–Crippen LogP) is 1.74. The van der Waals surface area contributed by atoms with Gasteiger partial charge in [0, 0.05) is 39.0 Å². The van der Waals surface area contributed by atoms with E-state index in [1.165, 1.54) is 0 Å². The molecule has 1 saturated carbocycles. The molecule has 23 heavy (non-hydrogen) atoms. The van der Waals surface area contributed by atoms with Gasteiger partial charge in [0.2, 0.25) is 11.8 Å². The van der Waals surface area contributed by atoms with Gasteiger partial charge in [0.1, 0.15) is 0 Å². The molecule has 1 aliphatic carbocycles. The summed E-state index contributed by atoms with van der Waals surface area (Å²) in [6.45, 7) is 6.18. The number of carboxylic acids is 1. The second-order valence-electron chi connectivity index (χ2n) is 6.74. The maximum Gasteiger partial charge on any atom is 0.311 e. The Morgan fingerprint density at radius 1 is 1.22 bits per heavy atom. The van der Waals surface area contributed by atoms with Crippen LogP contribution in [0.1, 0.15) is 52.4 Å². The fourth-order valence-corrected chi connectivity index (χ4v) is 4.11. The van der Waals surface area contributed by atoms with Crippen LogP contribution < -0.4 is 0 Å². The van der Waals surface area contributed by atoms with Gasteiger partial charge in [-0.3, -0.25) is 14.4 Å². The Morgan fingerprint density at radius 3 is 2.48 bits per heavy atom. The smallest absolute Gasteiger partial charge is 0.311 e. The van der Waals surface area contributed by atoms with Crippen LogP contribution in [-0.4, -0.2) is 58.9 Å². The summed E-state index contributed by atoms with van der Waals surface area (Å²) < 4.78 is 0. The zero-order chi connectivity index (χ0) is 17.0. The Labute approximate surface area is 137 Å². The van der Waals surface area contributed by atoms with Crippen LogP contribution in [0.3, 0.4) is 0 Å². The number of hydrogen-bond donors (Lipinski definition) is 1. The molecular formula is C17H28N2O4. The highest BCUT2D eigenvalue weighted by molar-refractivity contribution is 5.82. The fraction of sp³-hybridized carbons (Fsp3) is 0.824. The van der Waals surface area contributed by atoms with Gasteiger partial charge >= 0.3 is 5.97 Å². The molecule has 2 atom stereocenters.